The monoisotopic (exact) mass is 395 g/mol. The largest absolute Gasteiger partial charge is 0.497 e. The number of carbonyl (C=O) groups is 1. The lowest BCUT2D eigenvalue weighted by Crippen LogP contribution is -2.26. The van der Waals surface area contributed by atoms with Crippen LogP contribution in [0.4, 0.5) is 10.1 Å². The number of anilines is 1. The number of hydrogen-bond acceptors (Lipinski definition) is 5. The molecule has 7 heteroatoms. The zero-order valence-electron chi connectivity index (χ0n) is 16.7. The lowest BCUT2D eigenvalue weighted by Gasteiger charge is -2.18. The highest BCUT2D eigenvalue weighted by Crippen LogP contribution is 2.39. The Balaban J connectivity index is 2.24. The van der Waals surface area contributed by atoms with Crippen molar-refractivity contribution in [2.45, 2.75) is 0 Å². The predicted molar refractivity (Wildman–Crippen MR) is 111 cm³/mol. The molecule has 1 amide bonds. The van der Waals surface area contributed by atoms with E-state index in [4.69, 9.17) is 9.57 Å². The van der Waals surface area contributed by atoms with Crippen molar-refractivity contribution in [3.8, 4) is 5.75 Å². The number of benzene rings is 2. The molecule has 1 aliphatic heterocycles. The van der Waals surface area contributed by atoms with Gasteiger partial charge in [-0.1, -0.05) is 17.3 Å². The van der Waals surface area contributed by atoms with Gasteiger partial charge in [0, 0.05) is 31.6 Å². The van der Waals surface area contributed by atoms with Crippen LogP contribution in [0.1, 0.15) is 5.56 Å². The highest BCUT2D eigenvalue weighted by molar-refractivity contribution is 6.28. The summed E-state index contributed by atoms with van der Waals surface area (Å²) in [4.78, 5) is 21.6. The number of allylic oxidation sites excluding steroid dienone is 1. The van der Waals surface area contributed by atoms with Crippen molar-refractivity contribution in [2.75, 3.05) is 33.2 Å². The number of halogens is 1. The molecular formula is C22H22FN3O3. The van der Waals surface area contributed by atoms with E-state index in [0.717, 1.165) is 0 Å². The Hall–Kier alpha value is -3.61. The van der Waals surface area contributed by atoms with Crippen LogP contribution in [0.15, 0.2) is 71.2 Å². The van der Waals surface area contributed by atoms with Gasteiger partial charge in [0.15, 0.2) is 0 Å². The van der Waals surface area contributed by atoms with E-state index < -0.39 is 0 Å². The van der Waals surface area contributed by atoms with Crippen LogP contribution in [0.2, 0.25) is 0 Å². The number of carbonyl (C=O) groups excluding carboxylic acids is 1. The predicted octanol–water partition coefficient (Wildman–Crippen LogP) is 3.67. The Morgan fingerprint density at radius 1 is 1.03 bits per heavy atom. The molecule has 1 aliphatic rings. The Kier molecular flexibility index (Phi) is 5.97. The summed E-state index contributed by atoms with van der Waals surface area (Å²) in [5, 5.41) is 3.89. The standard InChI is InChI=1S/C22H22FN3O3/c1-25(2)14-19-21(15-5-7-16(23)8-6-15)20(13-24-29-4)26(22(19)27)17-9-11-18(28-3)12-10-17/h5-14H,1-4H3. The number of methoxy groups -OCH3 is 1. The Labute approximate surface area is 169 Å². The van der Waals surface area contributed by atoms with E-state index in [2.05, 4.69) is 5.16 Å². The second kappa shape index (κ2) is 8.60. The molecule has 0 saturated heterocycles. The summed E-state index contributed by atoms with van der Waals surface area (Å²) in [7, 11) is 6.68. The maximum Gasteiger partial charge on any atom is 0.265 e. The second-order valence-electron chi connectivity index (χ2n) is 6.53. The fourth-order valence-corrected chi connectivity index (χ4v) is 3.10. The van der Waals surface area contributed by atoms with Gasteiger partial charge in [-0.2, -0.15) is 0 Å². The summed E-state index contributed by atoms with van der Waals surface area (Å²) in [5.41, 5.74) is 2.98. The number of nitrogens with zero attached hydrogens (tertiary/aromatic N) is 3. The van der Waals surface area contributed by atoms with Crippen molar-refractivity contribution < 1.29 is 18.8 Å². The van der Waals surface area contributed by atoms with Crippen molar-refractivity contribution in [1.29, 1.82) is 0 Å². The summed E-state index contributed by atoms with van der Waals surface area (Å²) < 4.78 is 18.7. The Morgan fingerprint density at radius 3 is 2.24 bits per heavy atom. The van der Waals surface area contributed by atoms with Crippen LogP contribution in [0.3, 0.4) is 0 Å². The highest BCUT2D eigenvalue weighted by Gasteiger charge is 2.36. The first-order valence-corrected chi connectivity index (χ1v) is 8.90. The van der Waals surface area contributed by atoms with E-state index in [1.165, 1.54) is 25.5 Å². The van der Waals surface area contributed by atoms with Gasteiger partial charge in [0.2, 0.25) is 0 Å². The number of ether oxygens (including phenoxy) is 1. The van der Waals surface area contributed by atoms with Crippen LogP contribution >= 0.6 is 0 Å². The molecule has 0 N–H and O–H groups in total. The fourth-order valence-electron chi connectivity index (χ4n) is 3.10. The van der Waals surface area contributed by atoms with Crippen LogP contribution in [0, 0.1) is 5.82 Å². The van der Waals surface area contributed by atoms with Gasteiger partial charge in [0.1, 0.15) is 18.7 Å². The van der Waals surface area contributed by atoms with Gasteiger partial charge < -0.3 is 14.5 Å². The zero-order chi connectivity index (χ0) is 21.0. The molecule has 0 fully saturated rings. The molecule has 0 spiro atoms. The molecule has 0 saturated carbocycles. The van der Waals surface area contributed by atoms with Crippen molar-refractivity contribution in [1.82, 2.24) is 4.90 Å². The smallest absolute Gasteiger partial charge is 0.265 e. The summed E-state index contributed by atoms with van der Waals surface area (Å²) >= 11 is 0. The number of amides is 1. The topological polar surface area (TPSA) is 54.4 Å². The van der Waals surface area contributed by atoms with Crippen LogP contribution in [-0.2, 0) is 9.63 Å². The van der Waals surface area contributed by atoms with Gasteiger partial charge in [-0.05, 0) is 42.0 Å². The van der Waals surface area contributed by atoms with Crippen molar-refractivity contribution >= 4 is 23.4 Å². The van der Waals surface area contributed by atoms with E-state index in [9.17, 15) is 9.18 Å². The van der Waals surface area contributed by atoms with Crippen LogP contribution < -0.4 is 9.64 Å². The average Bonchev–Trinajstić information content (AvgIpc) is 2.98. The van der Waals surface area contributed by atoms with Crippen molar-refractivity contribution in [3.63, 3.8) is 0 Å². The van der Waals surface area contributed by atoms with Gasteiger partial charge in [-0.15, -0.1) is 0 Å². The maximum atomic E-state index is 13.5. The molecule has 6 nitrogen and oxygen atoms in total. The van der Waals surface area contributed by atoms with Crippen LogP contribution in [-0.4, -0.2) is 45.3 Å². The molecule has 3 rings (SSSR count). The number of rotatable bonds is 6. The fraction of sp³-hybridized carbons (Fsp3) is 0.182. The van der Waals surface area contributed by atoms with E-state index in [-0.39, 0.29) is 11.7 Å². The Bertz CT molecular complexity index is 977. The van der Waals surface area contributed by atoms with Gasteiger partial charge in [-0.3, -0.25) is 9.69 Å². The Morgan fingerprint density at radius 2 is 1.69 bits per heavy atom. The molecule has 2 aromatic carbocycles. The van der Waals surface area contributed by atoms with Crippen molar-refractivity contribution in [2.24, 2.45) is 5.16 Å². The summed E-state index contributed by atoms with van der Waals surface area (Å²) in [6, 6.07) is 13.1. The molecular weight excluding hydrogens is 373 g/mol. The van der Waals surface area contributed by atoms with Gasteiger partial charge in [0.25, 0.3) is 5.91 Å². The summed E-state index contributed by atoms with van der Waals surface area (Å²) in [6.07, 6.45) is 3.22. The first-order chi connectivity index (χ1) is 14.0. The molecule has 0 bridgehead atoms. The molecule has 29 heavy (non-hydrogen) atoms. The van der Waals surface area contributed by atoms with E-state index >= 15 is 0 Å². The first-order valence-electron chi connectivity index (χ1n) is 8.90. The zero-order valence-corrected chi connectivity index (χ0v) is 16.7. The molecule has 150 valence electrons. The SMILES string of the molecule is CON=CC1=C(c2ccc(F)cc2)C(=CN(C)C)C(=O)N1c1ccc(OC)cc1. The van der Waals surface area contributed by atoms with Crippen molar-refractivity contribution in [3.05, 3.63) is 77.4 Å². The van der Waals surface area contributed by atoms with E-state index in [1.54, 1.807) is 59.5 Å². The van der Waals surface area contributed by atoms with Gasteiger partial charge in [-0.25, -0.2) is 4.39 Å². The number of hydrogen-bond donors (Lipinski definition) is 0. The average molecular weight is 395 g/mol. The summed E-state index contributed by atoms with van der Waals surface area (Å²) in [6.45, 7) is 0. The molecule has 0 unspecified atom stereocenters. The third-order valence-corrected chi connectivity index (χ3v) is 4.33. The second-order valence-corrected chi connectivity index (χ2v) is 6.53. The van der Waals surface area contributed by atoms with Crippen LogP contribution in [0.25, 0.3) is 5.57 Å². The highest BCUT2D eigenvalue weighted by atomic mass is 19.1. The molecule has 0 aromatic heterocycles. The third-order valence-electron chi connectivity index (χ3n) is 4.33. The quantitative estimate of drug-likeness (QED) is 0.425. The van der Waals surface area contributed by atoms with E-state index in [1.807, 2.05) is 14.1 Å². The lowest BCUT2D eigenvalue weighted by molar-refractivity contribution is -0.114. The first kappa shape index (κ1) is 20.1. The van der Waals surface area contributed by atoms with Gasteiger partial charge >= 0.3 is 0 Å². The van der Waals surface area contributed by atoms with Crippen LogP contribution in [0.5, 0.6) is 5.75 Å². The maximum absolute atomic E-state index is 13.5. The minimum Gasteiger partial charge on any atom is -0.497 e. The van der Waals surface area contributed by atoms with E-state index in [0.29, 0.717) is 33.8 Å². The molecule has 0 aliphatic carbocycles. The molecule has 2 aromatic rings. The third kappa shape index (κ3) is 4.13. The number of oxime groups is 1. The molecule has 0 atom stereocenters. The summed E-state index contributed by atoms with van der Waals surface area (Å²) in [5.74, 6) is 0.107. The molecule has 1 heterocycles. The molecule has 0 radical (unpaired) electrons. The lowest BCUT2D eigenvalue weighted by atomic mass is 9.99. The minimum absolute atomic E-state index is 0.222. The minimum atomic E-state index is -0.351. The normalized spacial score (nSPS) is 15.6. The van der Waals surface area contributed by atoms with Gasteiger partial charge in [0.05, 0.1) is 24.6 Å².